The molecular formula is C21H40N4O3. The lowest BCUT2D eigenvalue weighted by atomic mass is 9.76. The number of hydrazine groups is 1. The van der Waals surface area contributed by atoms with Crippen LogP contribution in [0.2, 0.25) is 0 Å². The third-order valence-electron chi connectivity index (χ3n) is 5.73. The topological polar surface area (TPSA) is 110 Å². The molecular weight excluding hydrogens is 356 g/mol. The Bertz CT molecular complexity index is 542. The zero-order valence-electron chi connectivity index (χ0n) is 18.4. The van der Waals surface area contributed by atoms with E-state index in [-0.39, 0.29) is 34.8 Å². The van der Waals surface area contributed by atoms with Crippen molar-refractivity contribution in [2.45, 2.75) is 116 Å². The van der Waals surface area contributed by atoms with Crippen LogP contribution in [0.25, 0.3) is 0 Å². The number of hydrogen-bond acceptors (Lipinski definition) is 4. The molecule has 1 aliphatic heterocycles. The summed E-state index contributed by atoms with van der Waals surface area (Å²) in [5, 5.41) is 1.41. The van der Waals surface area contributed by atoms with E-state index in [1.807, 2.05) is 11.8 Å². The summed E-state index contributed by atoms with van der Waals surface area (Å²) < 4.78 is 0. The van der Waals surface area contributed by atoms with E-state index in [2.05, 4.69) is 27.7 Å². The predicted molar refractivity (Wildman–Crippen MR) is 111 cm³/mol. The van der Waals surface area contributed by atoms with Crippen LogP contribution in [0.1, 0.15) is 98.8 Å². The lowest BCUT2D eigenvalue weighted by Crippen LogP contribution is -2.67. The van der Waals surface area contributed by atoms with Gasteiger partial charge in [-0.1, -0.05) is 26.2 Å². The molecule has 0 saturated carbocycles. The van der Waals surface area contributed by atoms with E-state index in [4.69, 9.17) is 11.6 Å². The Labute approximate surface area is 170 Å². The largest absolute Gasteiger partial charge is 0.370 e. The molecule has 0 bridgehead atoms. The molecule has 7 heteroatoms. The molecule has 1 saturated heterocycles. The van der Waals surface area contributed by atoms with Crippen molar-refractivity contribution in [1.82, 2.24) is 9.91 Å². The van der Waals surface area contributed by atoms with Crippen LogP contribution in [0, 0.1) is 0 Å². The number of unbranched alkanes of at least 4 members (excludes halogenated alkanes) is 4. The van der Waals surface area contributed by atoms with Crippen LogP contribution >= 0.6 is 0 Å². The van der Waals surface area contributed by atoms with E-state index in [0.717, 1.165) is 32.1 Å². The van der Waals surface area contributed by atoms with Crippen LogP contribution in [0.4, 0.5) is 0 Å². The van der Waals surface area contributed by atoms with E-state index >= 15 is 0 Å². The first-order chi connectivity index (χ1) is 12.9. The molecule has 1 rings (SSSR count). The third kappa shape index (κ3) is 6.76. The fraction of sp³-hybridized carbons (Fsp3) is 0.857. The molecule has 1 aliphatic rings. The fourth-order valence-corrected chi connectivity index (χ4v) is 4.70. The molecule has 0 radical (unpaired) electrons. The predicted octanol–water partition coefficient (Wildman–Crippen LogP) is 2.86. The highest BCUT2D eigenvalue weighted by Gasteiger charge is 2.48. The number of carbonyl (C=O) groups excluding carboxylic acids is 3. The number of primary amides is 1. The molecule has 1 heterocycles. The van der Waals surface area contributed by atoms with Gasteiger partial charge in [-0.2, -0.15) is 0 Å². The SMILES string of the molecule is CCC(=O)N1C(C)(C)CC(N(N)C(=O)CCCCCCCC(N)=O)CC1(C)C. The molecule has 0 aliphatic carbocycles. The van der Waals surface area contributed by atoms with Gasteiger partial charge in [0.2, 0.25) is 17.7 Å². The summed E-state index contributed by atoms with van der Waals surface area (Å²) >= 11 is 0. The summed E-state index contributed by atoms with van der Waals surface area (Å²) in [7, 11) is 0. The number of nitrogens with zero attached hydrogens (tertiary/aromatic N) is 2. The van der Waals surface area contributed by atoms with Crippen molar-refractivity contribution in [2.75, 3.05) is 0 Å². The molecule has 0 spiro atoms. The van der Waals surface area contributed by atoms with E-state index in [1.165, 1.54) is 5.01 Å². The van der Waals surface area contributed by atoms with E-state index in [9.17, 15) is 14.4 Å². The van der Waals surface area contributed by atoms with E-state index in [1.54, 1.807) is 0 Å². The number of nitrogens with two attached hydrogens (primary N) is 2. The Morgan fingerprint density at radius 1 is 0.929 bits per heavy atom. The molecule has 0 aromatic heterocycles. The Morgan fingerprint density at radius 2 is 1.39 bits per heavy atom. The van der Waals surface area contributed by atoms with Gasteiger partial charge in [-0.05, 0) is 53.4 Å². The zero-order chi connectivity index (χ0) is 21.5. The van der Waals surface area contributed by atoms with Crippen molar-refractivity contribution >= 4 is 17.7 Å². The van der Waals surface area contributed by atoms with Crippen LogP contribution in [0.3, 0.4) is 0 Å². The minimum absolute atomic E-state index is 0.0380. The van der Waals surface area contributed by atoms with Gasteiger partial charge in [0.05, 0.1) is 6.04 Å². The van der Waals surface area contributed by atoms with Gasteiger partial charge in [0.15, 0.2) is 0 Å². The first-order valence-electron chi connectivity index (χ1n) is 10.6. The molecule has 0 aromatic carbocycles. The maximum atomic E-state index is 12.6. The molecule has 7 nitrogen and oxygen atoms in total. The van der Waals surface area contributed by atoms with Gasteiger partial charge >= 0.3 is 0 Å². The quantitative estimate of drug-likeness (QED) is 0.256. The second-order valence-corrected chi connectivity index (χ2v) is 9.30. The van der Waals surface area contributed by atoms with Gasteiger partial charge in [-0.15, -0.1) is 0 Å². The lowest BCUT2D eigenvalue weighted by Gasteiger charge is -2.56. The maximum Gasteiger partial charge on any atom is 0.236 e. The smallest absolute Gasteiger partial charge is 0.236 e. The molecule has 162 valence electrons. The Hall–Kier alpha value is -1.63. The van der Waals surface area contributed by atoms with Gasteiger partial charge in [0, 0.05) is 30.3 Å². The number of amides is 3. The number of hydrogen-bond donors (Lipinski definition) is 2. The Morgan fingerprint density at radius 3 is 1.86 bits per heavy atom. The number of carbonyl (C=O) groups is 3. The van der Waals surface area contributed by atoms with Gasteiger partial charge in [-0.25, -0.2) is 5.84 Å². The van der Waals surface area contributed by atoms with Crippen molar-refractivity contribution < 1.29 is 14.4 Å². The monoisotopic (exact) mass is 396 g/mol. The fourth-order valence-electron chi connectivity index (χ4n) is 4.70. The van der Waals surface area contributed by atoms with Gasteiger partial charge in [0.1, 0.15) is 0 Å². The number of likely N-dealkylation sites (tertiary alicyclic amines) is 1. The summed E-state index contributed by atoms with van der Waals surface area (Å²) in [6, 6.07) is -0.0750. The van der Waals surface area contributed by atoms with Gasteiger partial charge < -0.3 is 10.6 Å². The summed E-state index contributed by atoms with van der Waals surface area (Å²) in [4.78, 5) is 37.7. The third-order valence-corrected chi connectivity index (χ3v) is 5.73. The van der Waals surface area contributed by atoms with Crippen molar-refractivity contribution in [3.63, 3.8) is 0 Å². The van der Waals surface area contributed by atoms with E-state index in [0.29, 0.717) is 32.1 Å². The van der Waals surface area contributed by atoms with Crippen molar-refractivity contribution in [3.05, 3.63) is 0 Å². The molecule has 4 N–H and O–H groups in total. The van der Waals surface area contributed by atoms with E-state index < -0.39 is 0 Å². The zero-order valence-corrected chi connectivity index (χ0v) is 18.4. The average molecular weight is 397 g/mol. The Kier molecular flexibility index (Phi) is 8.92. The highest BCUT2D eigenvalue weighted by atomic mass is 16.2. The summed E-state index contributed by atoms with van der Waals surface area (Å²) in [6.07, 6.45) is 7.19. The first-order valence-corrected chi connectivity index (χ1v) is 10.6. The first kappa shape index (κ1) is 24.4. The molecule has 28 heavy (non-hydrogen) atoms. The second-order valence-electron chi connectivity index (χ2n) is 9.30. The summed E-state index contributed by atoms with van der Waals surface area (Å²) in [5.74, 6) is 6.06. The highest BCUT2D eigenvalue weighted by Crippen LogP contribution is 2.40. The van der Waals surface area contributed by atoms with Crippen LogP contribution in [0.15, 0.2) is 0 Å². The van der Waals surface area contributed by atoms with Crippen LogP contribution in [0.5, 0.6) is 0 Å². The maximum absolute atomic E-state index is 12.6. The summed E-state index contributed by atoms with van der Waals surface area (Å²) in [6.45, 7) is 10.1. The molecule has 0 atom stereocenters. The standard InChI is InChI=1S/C21H40N4O3/c1-6-18(27)25-20(2,3)14-16(15-21(25,4)5)24(23)19(28)13-11-9-7-8-10-12-17(22)26/h16H,6-15,23H2,1-5H3,(H2,22,26). The normalized spacial score (nSPS) is 18.7. The van der Waals surface area contributed by atoms with Gasteiger partial charge in [-0.3, -0.25) is 19.4 Å². The lowest BCUT2D eigenvalue weighted by molar-refractivity contribution is -0.155. The minimum Gasteiger partial charge on any atom is -0.370 e. The second kappa shape index (κ2) is 10.2. The van der Waals surface area contributed by atoms with Crippen LogP contribution in [-0.2, 0) is 14.4 Å². The molecule has 1 fully saturated rings. The van der Waals surface area contributed by atoms with Gasteiger partial charge in [0.25, 0.3) is 0 Å². The highest BCUT2D eigenvalue weighted by molar-refractivity contribution is 5.78. The molecule has 0 aromatic rings. The summed E-state index contributed by atoms with van der Waals surface area (Å²) in [5.41, 5.74) is 4.42. The average Bonchev–Trinajstić information content (AvgIpc) is 2.57. The van der Waals surface area contributed by atoms with Crippen molar-refractivity contribution in [3.8, 4) is 0 Å². The van der Waals surface area contributed by atoms with Crippen molar-refractivity contribution in [1.29, 1.82) is 0 Å². The van der Waals surface area contributed by atoms with Crippen LogP contribution < -0.4 is 11.6 Å². The minimum atomic E-state index is -0.349. The number of piperidine rings is 1. The molecule has 0 unspecified atom stereocenters. The molecule has 3 amide bonds. The number of rotatable bonds is 10. The van der Waals surface area contributed by atoms with Crippen LogP contribution in [-0.4, -0.2) is 44.8 Å². The Balaban J connectivity index is 2.53. The van der Waals surface area contributed by atoms with Crippen molar-refractivity contribution in [2.24, 2.45) is 11.6 Å².